The summed E-state index contributed by atoms with van der Waals surface area (Å²) in [6.07, 6.45) is 3.97. The van der Waals surface area contributed by atoms with Crippen LogP contribution in [-0.4, -0.2) is 30.9 Å². The maximum absolute atomic E-state index is 6.19. The summed E-state index contributed by atoms with van der Waals surface area (Å²) in [5.74, 6) is 0.756. The molecule has 0 unspecified atom stereocenters. The average Bonchev–Trinajstić information content (AvgIpc) is 3.34. The van der Waals surface area contributed by atoms with Gasteiger partial charge in [0.15, 0.2) is 0 Å². The lowest BCUT2D eigenvalue weighted by molar-refractivity contribution is 0.0849. The van der Waals surface area contributed by atoms with Gasteiger partial charge in [-0.1, -0.05) is 31.8 Å². The summed E-state index contributed by atoms with van der Waals surface area (Å²) in [6.45, 7) is 11.1. The molecule has 0 fully saturated rings. The van der Waals surface area contributed by atoms with Crippen molar-refractivity contribution in [2.45, 2.75) is 39.3 Å². The van der Waals surface area contributed by atoms with Gasteiger partial charge in [0.05, 0.1) is 17.7 Å². The molecule has 0 atom stereocenters. The number of ether oxygens (including phenoxy) is 2. The summed E-state index contributed by atoms with van der Waals surface area (Å²) in [5.41, 5.74) is 4.25. The molecule has 30 heavy (non-hydrogen) atoms. The number of hydrogen-bond acceptors (Lipinski definition) is 5. The molecule has 7 heteroatoms. The quantitative estimate of drug-likeness (QED) is 0.395. The van der Waals surface area contributed by atoms with E-state index in [1.165, 1.54) is 0 Å². The fourth-order valence-corrected chi connectivity index (χ4v) is 4.17. The molecule has 0 amide bonds. The maximum Gasteiger partial charge on any atom is 0.304 e. The van der Waals surface area contributed by atoms with Crippen LogP contribution in [-0.2, 0) is 11.5 Å². The minimum absolute atomic E-state index is 0.434. The van der Waals surface area contributed by atoms with Crippen molar-refractivity contribution < 1.29 is 9.47 Å². The lowest BCUT2D eigenvalue weighted by atomic mass is 10.2. The van der Waals surface area contributed by atoms with E-state index < -0.39 is 8.07 Å². The lowest BCUT2D eigenvalue weighted by Gasteiger charge is -2.17. The van der Waals surface area contributed by atoms with Crippen LogP contribution in [0.15, 0.2) is 54.9 Å². The Balaban J connectivity index is 1.55. The zero-order valence-electron chi connectivity index (χ0n) is 18.2. The fraction of sp³-hybridized carbons (Fsp3) is 0.348. The van der Waals surface area contributed by atoms with Gasteiger partial charge in [-0.05, 0) is 48.9 Å². The first-order valence-electron chi connectivity index (χ1n) is 10.4. The Morgan fingerprint density at radius 3 is 2.60 bits per heavy atom. The number of imidazole rings is 1. The number of nitrogens with zero attached hydrogens (tertiary/aromatic N) is 3. The van der Waals surface area contributed by atoms with Crippen molar-refractivity contribution in [3.8, 4) is 11.8 Å². The van der Waals surface area contributed by atoms with Gasteiger partial charge in [0.1, 0.15) is 12.5 Å². The SMILES string of the molecule is Cc1cccc2nc(Oc3ccc(N4C=CNC4)cc3)n(COCC[Si](C)(C)C)c12. The van der Waals surface area contributed by atoms with Crippen molar-refractivity contribution in [2.24, 2.45) is 0 Å². The number of fused-ring (bicyclic) bond motifs is 1. The summed E-state index contributed by atoms with van der Waals surface area (Å²) in [5, 5.41) is 3.18. The van der Waals surface area contributed by atoms with E-state index >= 15 is 0 Å². The van der Waals surface area contributed by atoms with Gasteiger partial charge >= 0.3 is 6.01 Å². The Morgan fingerprint density at radius 2 is 1.90 bits per heavy atom. The highest BCUT2D eigenvalue weighted by atomic mass is 28.3. The Kier molecular flexibility index (Phi) is 5.83. The van der Waals surface area contributed by atoms with Crippen molar-refractivity contribution in [3.63, 3.8) is 0 Å². The number of para-hydroxylation sites is 1. The van der Waals surface area contributed by atoms with Crippen LogP contribution in [0, 0.1) is 6.92 Å². The molecule has 1 N–H and O–H groups in total. The average molecular weight is 423 g/mol. The molecule has 0 radical (unpaired) electrons. The van der Waals surface area contributed by atoms with E-state index in [9.17, 15) is 0 Å². The van der Waals surface area contributed by atoms with Gasteiger partial charge in [0, 0.05) is 32.8 Å². The molecular formula is C23H30N4O2Si. The maximum atomic E-state index is 6.19. The number of hydrogen-bond donors (Lipinski definition) is 1. The van der Waals surface area contributed by atoms with Crippen molar-refractivity contribution in [1.82, 2.24) is 14.9 Å². The third kappa shape index (κ3) is 4.68. The zero-order valence-corrected chi connectivity index (χ0v) is 19.2. The molecule has 2 aromatic carbocycles. The van der Waals surface area contributed by atoms with Gasteiger partial charge in [-0.15, -0.1) is 0 Å². The van der Waals surface area contributed by atoms with Crippen LogP contribution >= 0.6 is 0 Å². The first kappa shape index (κ1) is 20.5. The van der Waals surface area contributed by atoms with Crippen LogP contribution in [0.4, 0.5) is 5.69 Å². The molecule has 1 aliphatic heterocycles. The minimum Gasteiger partial charge on any atom is -0.425 e. The third-order valence-corrected chi connectivity index (χ3v) is 6.87. The number of nitrogens with one attached hydrogen (secondary N) is 1. The highest BCUT2D eigenvalue weighted by molar-refractivity contribution is 6.76. The van der Waals surface area contributed by atoms with Crippen LogP contribution in [0.25, 0.3) is 11.0 Å². The highest BCUT2D eigenvalue weighted by Gasteiger charge is 2.17. The van der Waals surface area contributed by atoms with Crippen molar-refractivity contribution in [1.29, 1.82) is 0 Å². The van der Waals surface area contributed by atoms with Crippen LogP contribution in [0.5, 0.6) is 11.8 Å². The molecular weight excluding hydrogens is 392 g/mol. The highest BCUT2D eigenvalue weighted by Crippen LogP contribution is 2.29. The normalized spacial score (nSPS) is 13.8. The van der Waals surface area contributed by atoms with E-state index in [0.717, 1.165) is 47.4 Å². The second-order valence-corrected chi connectivity index (χ2v) is 14.5. The number of aromatic nitrogens is 2. The Bertz CT molecular complexity index is 1040. The van der Waals surface area contributed by atoms with Crippen LogP contribution in [0.3, 0.4) is 0 Å². The zero-order chi connectivity index (χ0) is 21.1. The molecule has 0 bridgehead atoms. The summed E-state index contributed by atoms with van der Waals surface area (Å²) in [6, 6.07) is 15.9. The Hall–Kier alpha value is -2.77. The number of aryl methyl sites for hydroxylation is 1. The van der Waals surface area contributed by atoms with Crippen LogP contribution in [0.2, 0.25) is 25.7 Å². The van der Waals surface area contributed by atoms with E-state index in [-0.39, 0.29) is 0 Å². The van der Waals surface area contributed by atoms with Crippen LogP contribution < -0.4 is 15.0 Å². The first-order valence-corrected chi connectivity index (χ1v) is 14.1. The topological polar surface area (TPSA) is 51.5 Å². The molecule has 3 aromatic rings. The molecule has 4 rings (SSSR count). The van der Waals surface area contributed by atoms with Crippen molar-refractivity contribution in [2.75, 3.05) is 18.2 Å². The van der Waals surface area contributed by atoms with Gasteiger partial charge in [-0.25, -0.2) is 0 Å². The van der Waals surface area contributed by atoms with Crippen molar-refractivity contribution >= 4 is 24.8 Å². The monoisotopic (exact) mass is 422 g/mol. The molecule has 1 aliphatic rings. The number of rotatable bonds is 8. The molecule has 0 saturated heterocycles. The van der Waals surface area contributed by atoms with E-state index in [1.54, 1.807) is 0 Å². The van der Waals surface area contributed by atoms with Gasteiger partial charge in [0.2, 0.25) is 0 Å². The Labute approximate surface area is 179 Å². The predicted molar refractivity (Wildman–Crippen MR) is 125 cm³/mol. The summed E-state index contributed by atoms with van der Waals surface area (Å²) in [7, 11) is -1.13. The Morgan fingerprint density at radius 1 is 1.10 bits per heavy atom. The second kappa shape index (κ2) is 8.53. The standard InChI is InChI=1S/C23H30N4O2Si/c1-18-6-5-7-21-22(18)27(17-28-14-15-30(2,3)4)23(25-21)29-20-10-8-19(9-11-20)26-13-12-24-16-26/h5-13,24H,14-17H2,1-4H3. The summed E-state index contributed by atoms with van der Waals surface area (Å²) in [4.78, 5) is 6.87. The molecule has 158 valence electrons. The fourth-order valence-electron chi connectivity index (χ4n) is 3.41. The van der Waals surface area contributed by atoms with E-state index in [2.05, 4.69) is 55.0 Å². The smallest absolute Gasteiger partial charge is 0.304 e. The second-order valence-electron chi connectivity index (χ2n) is 8.86. The third-order valence-electron chi connectivity index (χ3n) is 5.16. The van der Waals surface area contributed by atoms with E-state index in [4.69, 9.17) is 14.5 Å². The summed E-state index contributed by atoms with van der Waals surface area (Å²) < 4.78 is 14.3. The van der Waals surface area contributed by atoms with E-state index in [1.807, 2.05) is 41.2 Å². The lowest BCUT2D eigenvalue weighted by Crippen LogP contribution is -2.22. The molecule has 0 aliphatic carbocycles. The molecule has 2 heterocycles. The van der Waals surface area contributed by atoms with Gasteiger partial charge < -0.3 is 19.7 Å². The van der Waals surface area contributed by atoms with Gasteiger partial charge in [-0.2, -0.15) is 4.98 Å². The number of anilines is 1. The minimum atomic E-state index is -1.13. The van der Waals surface area contributed by atoms with Gasteiger partial charge in [0.25, 0.3) is 0 Å². The van der Waals surface area contributed by atoms with Gasteiger partial charge in [-0.3, -0.25) is 4.57 Å². The van der Waals surface area contributed by atoms with Crippen LogP contribution in [0.1, 0.15) is 5.56 Å². The summed E-state index contributed by atoms with van der Waals surface area (Å²) >= 11 is 0. The molecule has 1 aromatic heterocycles. The first-order chi connectivity index (χ1) is 14.4. The molecule has 0 saturated carbocycles. The largest absolute Gasteiger partial charge is 0.425 e. The molecule has 6 nitrogen and oxygen atoms in total. The predicted octanol–water partition coefficient (Wildman–Crippen LogP) is 5.29. The van der Waals surface area contributed by atoms with E-state index in [0.29, 0.717) is 12.7 Å². The molecule has 0 spiro atoms. The van der Waals surface area contributed by atoms with Crippen molar-refractivity contribution in [3.05, 3.63) is 60.4 Å². The number of benzene rings is 2.